The van der Waals surface area contributed by atoms with Crippen molar-refractivity contribution in [3.63, 3.8) is 0 Å². The van der Waals surface area contributed by atoms with E-state index in [-0.39, 0.29) is 36.7 Å². The number of rotatable bonds is 7. The molecule has 0 spiro atoms. The summed E-state index contributed by atoms with van der Waals surface area (Å²) in [7, 11) is 0. The third-order valence-corrected chi connectivity index (χ3v) is 6.44. The zero-order valence-electron chi connectivity index (χ0n) is 19.6. The molecule has 3 amide bonds. The number of anilines is 2. The van der Waals surface area contributed by atoms with E-state index < -0.39 is 11.7 Å². The number of fused-ring (bicyclic) bond motifs is 1. The molecule has 2 heterocycles. The van der Waals surface area contributed by atoms with Gasteiger partial charge in [-0.15, -0.1) is 0 Å². The van der Waals surface area contributed by atoms with E-state index in [2.05, 4.69) is 17.2 Å². The molecule has 0 radical (unpaired) electrons. The molecule has 2 aliphatic rings. The Morgan fingerprint density at radius 1 is 1.11 bits per heavy atom. The van der Waals surface area contributed by atoms with Gasteiger partial charge in [-0.1, -0.05) is 18.7 Å². The van der Waals surface area contributed by atoms with Crippen LogP contribution in [0.15, 0.2) is 55.1 Å². The molecule has 2 N–H and O–H groups in total. The normalized spacial score (nSPS) is 18.4. The second-order valence-electron chi connectivity index (χ2n) is 9.02. The van der Waals surface area contributed by atoms with E-state index in [4.69, 9.17) is 0 Å². The van der Waals surface area contributed by atoms with Crippen molar-refractivity contribution in [2.45, 2.75) is 19.0 Å². The number of alkyl halides is 3. The van der Waals surface area contributed by atoms with Crippen molar-refractivity contribution < 1.29 is 27.6 Å². The average Bonchev–Trinajstić information content (AvgIpc) is 2.84. The summed E-state index contributed by atoms with van der Waals surface area (Å²) < 4.78 is 39.3. The van der Waals surface area contributed by atoms with Crippen LogP contribution in [0.5, 0.6) is 0 Å². The molecule has 36 heavy (non-hydrogen) atoms. The van der Waals surface area contributed by atoms with E-state index >= 15 is 0 Å². The van der Waals surface area contributed by atoms with Crippen LogP contribution in [-0.4, -0.2) is 55.3 Å². The molecule has 1 saturated heterocycles. The molecule has 10 heteroatoms. The van der Waals surface area contributed by atoms with Crippen LogP contribution in [0.2, 0.25) is 0 Å². The standard InChI is InChI=1S/C26H27F3N4O3/c1-2-23(34)30-13-17-12-21-18(10-11-32-15-24(35)31-25(36)16-32)4-3-5-22(21)33(14-17)20-8-6-19(7-9-20)26(27,28)29/h2-9,17H,1,10-16H2,(H,30,34)(H,31,35,36). The molecular weight excluding hydrogens is 473 g/mol. The van der Waals surface area contributed by atoms with Crippen molar-refractivity contribution in [3.05, 3.63) is 71.8 Å². The fourth-order valence-electron chi connectivity index (χ4n) is 4.72. The predicted molar refractivity (Wildman–Crippen MR) is 129 cm³/mol. The van der Waals surface area contributed by atoms with Crippen LogP contribution in [0, 0.1) is 5.92 Å². The predicted octanol–water partition coefficient (Wildman–Crippen LogP) is 2.82. The number of halogens is 3. The Morgan fingerprint density at radius 2 is 1.81 bits per heavy atom. The highest BCUT2D eigenvalue weighted by Crippen LogP contribution is 2.38. The first-order valence-electron chi connectivity index (χ1n) is 11.6. The molecule has 0 bridgehead atoms. The number of piperazine rings is 1. The van der Waals surface area contributed by atoms with Crippen LogP contribution in [0.4, 0.5) is 24.5 Å². The zero-order chi connectivity index (χ0) is 25.9. The van der Waals surface area contributed by atoms with Gasteiger partial charge >= 0.3 is 6.18 Å². The van der Waals surface area contributed by atoms with Gasteiger partial charge in [0.05, 0.1) is 18.7 Å². The number of nitrogens with zero attached hydrogens (tertiary/aromatic N) is 2. The molecule has 1 atom stereocenters. The van der Waals surface area contributed by atoms with Crippen LogP contribution in [0.1, 0.15) is 16.7 Å². The van der Waals surface area contributed by atoms with E-state index in [0.29, 0.717) is 38.2 Å². The molecule has 0 aromatic heterocycles. The summed E-state index contributed by atoms with van der Waals surface area (Å²) in [6.45, 7) is 5.18. The maximum Gasteiger partial charge on any atom is 0.416 e. The molecule has 0 saturated carbocycles. The van der Waals surface area contributed by atoms with Crippen LogP contribution in [0.3, 0.4) is 0 Å². The molecule has 2 aliphatic heterocycles. The summed E-state index contributed by atoms with van der Waals surface area (Å²) in [4.78, 5) is 39.0. The molecule has 1 fully saturated rings. The molecule has 7 nitrogen and oxygen atoms in total. The van der Waals surface area contributed by atoms with Crippen LogP contribution in [0.25, 0.3) is 0 Å². The molecule has 4 rings (SSSR count). The zero-order valence-corrected chi connectivity index (χ0v) is 19.6. The van der Waals surface area contributed by atoms with Crippen molar-refractivity contribution in [2.24, 2.45) is 5.92 Å². The fraction of sp³-hybridized carbons (Fsp3) is 0.346. The first kappa shape index (κ1) is 25.4. The first-order chi connectivity index (χ1) is 17.1. The second-order valence-corrected chi connectivity index (χ2v) is 9.02. The number of carbonyl (C=O) groups is 3. The summed E-state index contributed by atoms with van der Waals surface area (Å²) in [6.07, 6.45) is -1.96. The van der Waals surface area contributed by atoms with E-state index in [1.54, 1.807) is 4.90 Å². The Hall–Kier alpha value is -3.66. The van der Waals surface area contributed by atoms with Crippen molar-refractivity contribution >= 4 is 29.1 Å². The van der Waals surface area contributed by atoms with Crippen molar-refractivity contribution in [1.82, 2.24) is 15.5 Å². The van der Waals surface area contributed by atoms with E-state index in [0.717, 1.165) is 28.9 Å². The summed E-state index contributed by atoms with van der Waals surface area (Å²) >= 11 is 0. The number of carbonyl (C=O) groups excluding carboxylic acids is 3. The van der Waals surface area contributed by atoms with Gasteiger partial charge in [-0.2, -0.15) is 13.2 Å². The van der Waals surface area contributed by atoms with Gasteiger partial charge in [-0.05, 0) is 66.3 Å². The minimum Gasteiger partial charge on any atom is -0.352 e. The first-order valence-corrected chi connectivity index (χ1v) is 11.6. The van der Waals surface area contributed by atoms with Gasteiger partial charge in [0, 0.05) is 31.0 Å². The van der Waals surface area contributed by atoms with E-state index in [1.807, 2.05) is 23.1 Å². The number of imide groups is 1. The highest BCUT2D eigenvalue weighted by atomic mass is 19.4. The van der Waals surface area contributed by atoms with Crippen LogP contribution in [-0.2, 0) is 33.4 Å². The third kappa shape index (κ3) is 5.93. The van der Waals surface area contributed by atoms with E-state index in [9.17, 15) is 27.6 Å². The third-order valence-electron chi connectivity index (χ3n) is 6.44. The Kier molecular flexibility index (Phi) is 7.44. The van der Waals surface area contributed by atoms with Gasteiger partial charge < -0.3 is 10.2 Å². The average molecular weight is 501 g/mol. The molecule has 1 unspecified atom stereocenters. The number of hydrogen-bond donors (Lipinski definition) is 2. The van der Waals surface area contributed by atoms with Gasteiger partial charge in [-0.25, -0.2) is 0 Å². The highest BCUT2D eigenvalue weighted by Gasteiger charge is 2.32. The molecule has 190 valence electrons. The Bertz CT molecular complexity index is 1150. The van der Waals surface area contributed by atoms with Crippen molar-refractivity contribution in [3.8, 4) is 0 Å². The maximum absolute atomic E-state index is 13.1. The minimum atomic E-state index is -4.42. The van der Waals surface area contributed by atoms with Crippen LogP contribution < -0.4 is 15.5 Å². The Morgan fingerprint density at radius 3 is 2.44 bits per heavy atom. The lowest BCUT2D eigenvalue weighted by Crippen LogP contribution is -2.51. The monoisotopic (exact) mass is 500 g/mol. The smallest absolute Gasteiger partial charge is 0.352 e. The number of nitrogens with one attached hydrogen (secondary N) is 2. The Labute approximate surface area is 206 Å². The number of amides is 3. The summed E-state index contributed by atoms with van der Waals surface area (Å²) in [6, 6.07) is 10.9. The molecule has 2 aromatic carbocycles. The van der Waals surface area contributed by atoms with Crippen LogP contribution >= 0.6 is 0 Å². The number of hydrogen-bond acceptors (Lipinski definition) is 5. The largest absolute Gasteiger partial charge is 0.416 e. The van der Waals surface area contributed by atoms with Gasteiger partial charge in [0.25, 0.3) is 0 Å². The Balaban J connectivity index is 1.61. The van der Waals surface area contributed by atoms with Gasteiger partial charge in [-0.3, -0.25) is 24.6 Å². The van der Waals surface area contributed by atoms with Gasteiger partial charge in [0.1, 0.15) is 0 Å². The van der Waals surface area contributed by atoms with Crippen molar-refractivity contribution in [2.75, 3.05) is 37.6 Å². The SMILES string of the molecule is C=CC(=O)NCC1Cc2c(CCN3CC(=O)NC(=O)C3)cccc2N(c2ccc(C(F)(F)F)cc2)C1. The second kappa shape index (κ2) is 10.5. The minimum absolute atomic E-state index is 0.00665. The quantitative estimate of drug-likeness (QED) is 0.452. The summed E-state index contributed by atoms with van der Waals surface area (Å²) in [5.74, 6) is -0.934. The van der Waals surface area contributed by atoms with Crippen molar-refractivity contribution in [1.29, 1.82) is 0 Å². The van der Waals surface area contributed by atoms with Gasteiger partial charge in [0.2, 0.25) is 17.7 Å². The highest BCUT2D eigenvalue weighted by molar-refractivity contribution is 5.99. The fourth-order valence-corrected chi connectivity index (χ4v) is 4.72. The van der Waals surface area contributed by atoms with Gasteiger partial charge in [0.15, 0.2) is 0 Å². The maximum atomic E-state index is 13.1. The lowest BCUT2D eigenvalue weighted by atomic mass is 9.87. The molecular formula is C26H27F3N4O3. The lowest BCUT2D eigenvalue weighted by molar-refractivity contribution is -0.138. The summed E-state index contributed by atoms with van der Waals surface area (Å²) in [5, 5.41) is 5.11. The molecule has 0 aliphatic carbocycles. The van der Waals surface area contributed by atoms with E-state index in [1.165, 1.54) is 18.2 Å². The molecule has 2 aromatic rings. The summed E-state index contributed by atoms with van der Waals surface area (Å²) in [5.41, 5.74) is 2.87. The lowest BCUT2D eigenvalue weighted by Gasteiger charge is -2.37. The topological polar surface area (TPSA) is 81.8 Å². The number of benzene rings is 2.